The minimum Gasteiger partial charge on any atom is -0.497 e. The zero-order valence-electron chi connectivity index (χ0n) is 22.0. The molecule has 2 aromatic carbocycles. The number of nitrogens with one attached hydrogen (secondary N) is 3. The van der Waals surface area contributed by atoms with Crippen LogP contribution in [-0.4, -0.2) is 68.8 Å². The molecule has 0 bridgehead atoms. The number of aliphatic hydroxyl groups is 1. The summed E-state index contributed by atoms with van der Waals surface area (Å²) < 4.78 is 15.4. The van der Waals surface area contributed by atoms with Gasteiger partial charge in [0.1, 0.15) is 19.0 Å². The third-order valence-electron chi connectivity index (χ3n) is 4.94. The van der Waals surface area contributed by atoms with Gasteiger partial charge in [-0.05, 0) is 36.1 Å². The first-order valence-electron chi connectivity index (χ1n) is 12.3. The first-order valence-corrected chi connectivity index (χ1v) is 12.3. The number of rotatable bonds is 13. The summed E-state index contributed by atoms with van der Waals surface area (Å²) in [5.74, 6) is 0.486. The van der Waals surface area contributed by atoms with Crippen molar-refractivity contribution in [3.8, 4) is 5.75 Å². The summed E-state index contributed by atoms with van der Waals surface area (Å²) in [6.07, 6.45) is -0.463. The van der Waals surface area contributed by atoms with Gasteiger partial charge in [-0.15, -0.1) is 0 Å². The van der Waals surface area contributed by atoms with Crippen LogP contribution in [0.15, 0.2) is 54.6 Å². The standard InChI is InChI=1S/C25H33N3O7.C2H6/c1-18(30)27-22(15-20-8-10-23(33-2)11-9-20)17-35-24(31)26-12-13-34-25(32)28-21(16-29)14-19-6-4-3-5-7-19;1-2/h3-11,21-22,29H,12-17H2,1-2H3,(H,26,31)(H,27,30)(H,28,32);1-2H3. The third-order valence-corrected chi connectivity index (χ3v) is 4.94. The van der Waals surface area contributed by atoms with Crippen LogP contribution < -0.4 is 20.7 Å². The van der Waals surface area contributed by atoms with Gasteiger partial charge in [-0.3, -0.25) is 4.79 Å². The number of methoxy groups -OCH3 is 1. The summed E-state index contributed by atoms with van der Waals surface area (Å²) in [4.78, 5) is 35.4. The van der Waals surface area contributed by atoms with Crippen LogP contribution in [0.2, 0.25) is 0 Å². The fourth-order valence-corrected chi connectivity index (χ4v) is 3.28. The zero-order chi connectivity index (χ0) is 27.5. The normalized spacial score (nSPS) is 11.6. The highest BCUT2D eigenvalue weighted by molar-refractivity contribution is 5.73. The van der Waals surface area contributed by atoms with E-state index >= 15 is 0 Å². The van der Waals surface area contributed by atoms with E-state index in [4.69, 9.17) is 14.2 Å². The van der Waals surface area contributed by atoms with Gasteiger partial charge in [-0.2, -0.15) is 0 Å². The lowest BCUT2D eigenvalue weighted by atomic mass is 10.1. The SMILES string of the molecule is CC.COc1ccc(CC(COC(=O)NCCOC(=O)NC(CO)Cc2ccccc2)NC(C)=O)cc1. The molecule has 0 aliphatic carbocycles. The number of hydrogen-bond acceptors (Lipinski definition) is 7. The number of hydrogen-bond donors (Lipinski definition) is 4. The lowest BCUT2D eigenvalue weighted by Crippen LogP contribution is -2.41. The van der Waals surface area contributed by atoms with Gasteiger partial charge in [0.05, 0.1) is 32.3 Å². The maximum Gasteiger partial charge on any atom is 0.407 e. The number of alkyl carbamates (subject to hydrolysis) is 2. The number of ether oxygens (including phenoxy) is 3. The largest absolute Gasteiger partial charge is 0.497 e. The first-order chi connectivity index (χ1) is 17.9. The maximum atomic E-state index is 12.0. The van der Waals surface area contributed by atoms with Crippen molar-refractivity contribution in [2.24, 2.45) is 0 Å². The second-order valence-electron chi connectivity index (χ2n) is 7.82. The number of benzene rings is 2. The molecule has 2 unspecified atom stereocenters. The van der Waals surface area contributed by atoms with Crippen molar-refractivity contribution in [1.82, 2.24) is 16.0 Å². The Labute approximate surface area is 218 Å². The molecule has 3 amide bonds. The fourth-order valence-electron chi connectivity index (χ4n) is 3.28. The molecule has 4 N–H and O–H groups in total. The summed E-state index contributed by atoms with van der Waals surface area (Å²) in [7, 11) is 1.58. The van der Waals surface area contributed by atoms with E-state index in [-0.39, 0.29) is 32.3 Å². The second-order valence-corrected chi connectivity index (χ2v) is 7.82. The van der Waals surface area contributed by atoms with Crippen molar-refractivity contribution in [2.75, 3.05) is 33.5 Å². The van der Waals surface area contributed by atoms with Gasteiger partial charge >= 0.3 is 12.2 Å². The van der Waals surface area contributed by atoms with Gasteiger partial charge in [0.25, 0.3) is 0 Å². The van der Waals surface area contributed by atoms with E-state index < -0.39 is 24.3 Å². The minimum atomic E-state index is -0.698. The summed E-state index contributed by atoms with van der Waals surface area (Å²) >= 11 is 0. The molecule has 10 nitrogen and oxygen atoms in total. The van der Waals surface area contributed by atoms with Crippen LogP contribution in [0.4, 0.5) is 9.59 Å². The van der Waals surface area contributed by atoms with Crippen molar-refractivity contribution in [3.05, 3.63) is 65.7 Å². The van der Waals surface area contributed by atoms with Crippen LogP contribution in [0.3, 0.4) is 0 Å². The molecular weight excluding hydrogens is 478 g/mol. The molecule has 0 spiro atoms. The average Bonchev–Trinajstić information content (AvgIpc) is 2.91. The molecule has 204 valence electrons. The van der Waals surface area contributed by atoms with Crippen molar-refractivity contribution in [3.63, 3.8) is 0 Å². The van der Waals surface area contributed by atoms with Gasteiger partial charge in [-0.25, -0.2) is 9.59 Å². The fraction of sp³-hybridized carbons (Fsp3) is 0.444. The smallest absolute Gasteiger partial charge is 0.407 e. The molecule has 0 aliphatic heterocycles. The lowest BCUT2D eigenvalue weighted by Gasteiger charge is -2.18. The molecule has 0 heterocycles. The highest BCUT2D eigenvalue weighted by atomic mass is 16.6. The predicted octanol–water partition coefficient (Wildman–Crippen LogP) is 2.82. The van der Waals surface area contributed by atoms with Crippen molar-refractivity contribution >= 4 is 18.1 Å². The van der Waals surface area contributed by atoms with Crippen LogP contribution in [0.25, 0.3) is 0 Å². The molecule has 2 atom stereocenters. The van der Waals surface area contributed by atoms with E-state index in [0.717, 1.165) is 16.9 Å². The van der Waals surface area contributed by atoms with E-state index in [2.05, 4.69) is 16.0 Å². The van der Waals surface area contributed by atoms with Gasteiger partial charge in [0.2, 0.25) is 5.91 Å². The van der Waals surface area contributed by atoms with Crippen molar-refractivity contribution in [2.45, 2.75) is 45.7 Å². The summed E-state index contributed by atoms with van der Waals surface area (Å²) in [6, 6.07) is 15.9. The summed E-state index contributed by atoms with van der Waals surface area (Å²) in [5, 5.41) is 17.3. The Morgan fingerprint density at radius 1 is 0.838 bits per heavy atom. The Hall–Kier alpha value is -3.79. The quantitative estimate of drug-likeness (QED) is 0.300. The van der Waals surface area contributed by atoms with Crippen molar-refractivity contribution < 1.29 is 33.7 Å². The number of carbonyl (C=O) groups is 3. The number of carbonyl (C=O) groups excluding carboxylic acids is 3. The molecule has 2 rings (SSSR count). The molecule has 0 aromatic heterocycles. The molecule has 0 saturated heterocycles. The number of amides is 3. The van der Waals surface area contributed by atoms with Crippen LogP contribution in [0.1, 0.15) is 31.9 Å². The molecule has 0 fully saturated rings. The molecule has 0 radical (unpaired) electrons. The van der Waals surface area contributed by atoms with E-state index in [1.54, 1.807) is 7.11 Å². The van der Waals surface area contributed by atoms with Crippen molar-refractivity contribution in [1.29, 1.82) is 0 Å². The predicted molar refractivity (Wildman–Crippen MR) is 141 cm³/mol. The Balaban J connectivity index is 0.00000334. The van der Waals surface area contributed by atoms with Gasteiger partial charge in [0.15, 0.2) is 0 Å². The molecule has 0 aliphatic rings. The average molecular weight is 518 g/mol. The molecule has 0 saturated carbocycles. The highest BCUT2D eigenvalue weighted by Crippen LogP contribution is 2.13. The van der Waals surface area contributed by atoms with Gasteiger partial charge in [0, 0.05) is 6.92 Å². The minimum absolute atomic E-state index is 0.0313. The Bertz CT molecular complexity index is 923. The topological polar surface area (TPSA) is 135 Å². The zero-order valence-corrected chi connectivity index (χ0v) is 22.0. The van der Waals surface area contributed by atoms with Gasteiger partial charge in [-0.1, -0.05) is 56.3 Å². The van der Waals surface area contributed by atoms with E-state index in [9.17, 15) is 19.5 Å². The molecule has 37 heavy (non-hydrogen) atoms. The Morgan fingerprint density at radius 3 is 2.05 bits per heavy atom. The molecule has 10 heteroatoms. The molecule has 2 aromatic rings. The highest BCUT2D eigenvalue weighted by Gasteiger charge is 2.15. The lowest BCUT2D eigenvalue weighted by molar-refractivity contribution is -0.120. The maximum absolute atomic E-state index is 12.0. The van der Waals surface area contributed by atoms with Crippen LogP contribution in [0.5, 0.6) is 5.75 Å². The summed E-state index contributed by atoms with van der Waals surface area (Å²) in [6.45, 7) is 5.09. The Morgan fingerprint density at radius 2 is 1.46 bits per heavy atom. The van der Waals surface area contributed by atoms with E-state index in [1.165, 1.54) is 6.92 Å². The van der Waals surface area contributed by atoms with Crippen LogP contribution in [-0.2, 0) is 27.1 Å². The monoisotopic (exact) mass is 517 g/mol. The first kappa shape index (κ1) is 31.2. The number of aliphatic hydroxyl groups excluding tert-OH is 1. The summed E-state index contributed by atoms with van der Waals surface area (Å²) in [5.41, 5.74) is 1.92. The van der Waals surface area contributed by atoms with Crippen LogP contribution >= 0.6 is 0 Å². The molecular formula is C27H39N3O7. The third kappa shape index (κ3) is 13.8. The van der Waals surface area contributed by atoms with E-state index in [0.29, 0.717) is 12.8 Å². The van der Waals surface area contributed by atoms with Gasteiger partial charge < -0.3 is 35.3 Å². The second kappa shape index (κ2) is 18.5. The Kier molecular flexibility index (Phi) is 15.6. The van der Waals surface area contributed by atoms with Crippen LogP contribution in [0, 0.1) is 0 Å². The van der Waals surface area contributed by atoms with E-state index in [1.807, 2.05) is 68.4 Å².